The average molecular weight is 304 g/mol. The summed E-state index contributed by atoms with van der Waals surface area (Å²) in [7, 11) is 0. The molecule has 0 spiro atoms. The Labute approximate surface area is 128 Å². The maximum absolute atomic E-state index is 4.49. The summed E-state index contributed by atoms with van der Waals surface area (Å²) < 4.78 is 1.92. The Morgan fingerprint density at radius 1 is 1.38 bits per heavy atom. The van der Waals surface area contributed by atoms with Gasteiger partial charge in [-0.15, -0.1) is 5.10 Å². The van der Waals surface area contributed by atoms with E-state index >= 15 is 0 Å². The van der Waals surface area contributed by atoms with Crippen LogP contribution in [0.5, 0.6) is 0 Å². The molecule has 0 radical (unpaired) electrons. The summed E-state index contributed by atoms with van der Waals surface area (Å²) >= 11 is 1.54. The van der Waals surface area contributed by atoms with Crippen molar-refractivity contribution in [1.82, 2.24) is 30.5 Å². The lowest BCUT2D eigenvalue weighted by Crippen LogP contribution is -2.35. The monoisotopic (exact) mass is 304 g/mol. The highest BCUT2D eigenvalue weighted by Crippen LogP contribution is 2.38. The number of nitrogens with one attached hydrogen (secondary N) is 1. The summed E-state index contributed by atoms with van der Waals surface area (Å²) in [6, 6.07) is 4.54. The summed E-state index contributed by atoms with van der Waals surface area (Å²) in [4.78, 5) is 4.49. The third kappa shape index (κ3) is 3.79. The third-order valence-corrected chi connectivity index (χ3v) is 4.21. The molecule has 0 atom stereocenters. The Balaban J connectivity index is 1.77. The van der Waals surface area contributed by atoms with Gasteiger partial charge in [0.2, 0.25) is 5.16 Å². The number of hydrogen-bond donors (Lipinski definition) is 1. The van der Waals surface area contributed by atoms with Gasteiger partial charge in [0.15, 0.2) is 0 Å². The predicted molar refractivity (Wildman–Crippen MR) is 81.0 cm³/mol. The van der Waals surface area contributed by atoms with Gasteiger partial charge < -0.3 is 5.32 Å². The molecular weight excluding hydrogens is 284 g/mol. The molecule has 1 fully saturated rings. The summed E-state index contributed by atoms with van der Waals surface area (Å²) in [5.41, 5.74) is 1.25. The van der Waals surface area contributed by atoms with Crippen LogP contribution in [-0.2, 0) is 6.54 Å². The Kier molecular flexibility index (Phi) is 3.95. The van der Waals surface area contributed by atoms with Gasteiger partial charge in [-0.1, -0.05) is 6.07 Å². The molecule has 2 heterocycles. The van der Waals surface area contributed by atoms with E-state index in [9.17, 15) is 0 Å². The highest BCUT2D eigenvalue weighted by atomic mass is 32.2. The van der Waals surface area contributed by atoms with Crippen LogP contribution in [-0.4, -0.2) is 30.7 Å². The Hall–Kier alpha value is -1.47. The summed E-state index contributed by atoms with van der Waals surface area (Å²) in [6.07, 6.45) is 4.15. The van der Waals surface area contributed by atoms with Crippen molar-refractivity contribution in [2.24, 2.45) is 0 Å². The van der Waals surface area contributed by atoms with Crippen LogP contribution in [0.1, 0.15) is 45.2 Å². The second-order valence-corrected chi connectivity index (χ2v) is 7.27. The highest BCUT2D eigenvalue weighted by molar-refractivity contribution is 7.99. The molecule has 6 nitrogen and oxygen atoms in total. The molecule has 7 heteroatoms. The van der Waals surface area contributed by atoms with Crippen molar-refractivity contribution in [1.29, 1.82) is 0 Å². The van der Waals surface area contributed by atoms with Gasteiger partial charge >= 0.3 is 0 Å². The molecule has 3 rings (SSSR count). The molecule has 1 aliphatic rings. The van der Waals surface area contributed by atoms with Crippen LogP contribution >= 0.6 is 11.8 Å². The van der Waals surface area contributed by atoms with Crippen molar-refractivity contribution in [3.8, 4) is 0 Å². The third-order valence-electron chi connectivity index (χ3n) is 3.20. The van der Waals surface area contributed by atoms with Gasteiger partial charge in [0.25, 0.3) is 0 Å². The van der Waals surface area contributed by atoms with E-state index in [1.807, 2.05) is 16.9 Å². The lowest BCUT2D eigenvalue weighted by atomic mass is 10.1. The van der Waals surface area contributed by atoms with Crippen molar-refractivity contribution >= 4 is 11.8 Å². The van der Waals surface area contributed by atoms with Gasteiger partial charge in [0.1, 0.15) is 5.03 Å². The molecule has 112 valence electrons. The highest BCUT2D eigenvalue weighted by Gasteiger charge is 2.28. The molecule has 1 saturated carbocycles. The quantitative estimate of drug-likeness (QED) is 0.915. The molecule has 0 saturated heterocycles. The first-order valence-electron chi connectivity index (χ1n) is 7.17. The number of aromatic nitrogens is 5. The molecule has 2 aromatic heterocycles. The van der Waals surface area contributed by atoms with E-state index in [1.165, 1.54) is 18.4 Å². The van der Waals surface area contributed by atoms with Gasteiger partial charge in [-0.25, -0.2) is 9.67 Å². The normalized spacial score (nSPS) is 15.4. The van der Waals surface area contributed by atoms with Crippen molar-refractivity contribution in [3.05, 3.63) is 23.9 Å². The second-order valence-electron chi connectivity index (χ2n) is 6.31. The van der Waals surface area contributed by atoms with E-state index in [-0.39, 0.29) is 5.54 Å². The number of tetrazole rings is 1. The van der Waals surface area contributed by atoms with E-state index in [0.29, 0.717) is 6.04 Å². The first kappa shape index (κ1) is 14.5. The molecular formula is C14H20N6S. The number of hydrogen-bond acceptors (Lipinski definition) is 6. The van der Waals surface area contributed by atoms with Gasteiger partial charge in [0, 0.05) is 18.3 Å². The number of rotatable bonds is 5. The molecule has 0 bridgehead atoms. The van der Waals surface area contributed by atoms with Crippen molar-refractivity contribution in [2.75, 3.05) is 0 Å². The van der Waals surface area contributed by atoms with Gasteiger partial charge in [-0.3, -0.25) is 0 Å². The number of nitrogens with zero attached hydrogens (tertiary/aromatic N) is 5. The van der Waals surface area contributed by atoms with Crippen LogP contribution in [0.3, 0.4) is 0 Å². The first-order chi connectivity index (χ1) is 10.0. The fourth-order valence-electron chi connectivity index (χ4n) is 1.90. The molecule has 0 unspecified atom stereocenters. The van der Waals surface area contributed by atoms with Crippen LogP contribution in [0.25, 0.3) is 0 Å². The first-order valence-corrected chi connectivity index (χ1v) is 7.99. The van der Waals surface area contributed by atoms with Crippen molar-refractivity contribution in [2.45, 2.75) is 61.9 Å². The van der Waals surface area contributed by atoms with Crippen LogP contribution < -0.4 is 5.32 Å². The minimum atomic E-state index is 0.0768. The van der Waals surface area contributed by atoms with Crippen LogP contribution in [0.2, 0.25) is 0 Å². The molecule has 1 N–H and O–H groups in total. The lowest BCUT2D eigenvalue weighted by molar-refractivity contribution is 0.422. The average Bonchev–Trinajstić information content (AvgIpc) is 3.17. The van der Waals surface area contributed by atoms with E-state index in [1.54, 1.807) is 11.8 Å². The second kappa shape index (κ2) is 5.73. The van der Waals surface area contributed by atoms with E-state index < -0.39 is 0 Å². The zero-order valence-corrected chi connectivity index (χ0v) is 13.4. The topological polar surface area (TPSA) is 68.5 Å². The smallest absolute Gasteiger partial charge is 0.215 e. The summed E-state index contributed by atoms with van der Waals surface area (Å²) in [6.45, 7) is 7.25. The Morgan fingerprint density at radius 2 is 2.19 bits per heavy atom. The van der Waals surface area contributed by atoms with Gasteiger partial charge in [0.05, 0.1) is 6.04 Å². The maximum Gasteiger partial charge on any atom is 0.215 e. The summed E-state index contributed by atoms with van der Waals surface area (Å²) in [5.74, 6) is 0. The molecule has 0 amide bonds. The van der Waals surface area contributed by atoms with Gasteiger partial charge in [-0.2, -0.15) is 0 Å². The minimum Gasteiger partial charge on any atom is -0.308 e. The van der Waals surface area contributed by atoms with Crippen LogP contribution in [0, 0.1) is 0 Å². The largest absolute Gasteiger partial charge is 0.308 e. The number of pyridine rings is 1. The Bertz CT molecular complexity index is 614. The predicted octanol–water partition coefficient (Wildman–Crippen LogP) is 2.44. The molecule has 0 aromatic carbocycles. The van der Waals surface area contributed by atoms with Crippen LogP contribution in [0.15, 0.2) is 28.5 Å². The zero-order valence-electron chi connectivity index (χ0n) is 12.6. The van der Waals surface area contributed by atoms with Crippen molar-refractivity contribution in [3.63, 3.8) is 0 Å². The SMILES string of the molecule is CC(C)(C)NCc1cccnc1Sc1nnnn1C1CC1. The fourth-order valence-corrected chi connectivity index (χ4v) is 2.81. The zero-order chi connectivity index (χ0) is 14.9. The maximum atomic E-state index is 4.49. The van der Waals surface area contributed by atoms with E-state index in [4.69, 9.17) is 0 Å². The Morgan fingerprint density at radius 3 is 2.90 bits per heavy atom. The molecule has 0 aliphatic heterocycles. The van der Waals surface area contributed by atoms with E-state index in [0.717, 1.165) is 16.7 Å². The van der Waals surface area contributed by atoms with Crippen LogP contribution in [0.4, 0.5) is 0 Å². The van der Waals surface area contributed by atoms with E-state index in [2.05, 4.69) is 52.7 Å². The summed E-state index contributed by atoms with van der Waals surface area (Å²) in [5, 5.41) is 17.3. The minimum absolute atomic E-state index is 0.0768. The molecule has 2 aromatic rings. The lowest BCUT2D eigenvalue weighted by Gasteiger charge is -2.21. The molecule has 21 heavy (non-hydrogen) atoms. The van der Waals surface area contributed by atoms with Crippen molar-refractivity contribution < 1.29 is 0 Å². The van der Waals surface area contributed by atoms with Gasteiger partial charge in [-0.05, 0) is 67.4 Å². The standard InChI is InChI=1S/C14H20N6S/c1-14(2,3)16-9-10-5-4-8-15-12(10)21-13-17-18-19-20(13)11-6-7-11/h4-5,8,11,16H,6-7,9H2,1-3H3. The fraction of sp³-hybridized carbons (Fsp3) is 0.571. The molecule has 1 aliphatic carbocycles.